The van der Waals surface area contributed by atoms with Gasteiger partial charge in [0.2, 0.25) is 5.95 Å². The molecule has 0 bridgehead atoms. The number of anilines is 3. The molecule has 0 spiro atoms. The number of nitrogens with zero attached hydrogens (tertiary/aromatic N) is 7. The van der Waals surface area contributed by atoms with Crippen molar-refractivity contribution in [3.8, 4) is 5.82 Å². The highest BCUT2D eigenvalue weighted by molar-refractivity contribution is 5.77. The standard InChI is InChI=1S/C28H32N8O/c1-4-13-35-27(37)23-18-29-28(30-21-8-10-22(11-9-21)34-16-14-33(3)15-17-34)32-26(23)36(35)24-12-7-20-6-5-19(2)25(20)31-24/h4,7-12,18-19H,1,5-6,13-17H2,2-3H3,(H,29,30,32)/t19-/m1/s1. The number of rotatable bonds is 6. The number of pyridine rings is 1. The van der Waals surface area contributed by atoms with E-state index in [0.717, 1.165) is 50.4 Å². The Labute approximate surface area is 216 Å². The maximum atomic E-state index is 13.2. The smallest absolute Gasteiger partial charge is 0.278 e. The number of hydrogen-bond donors (Lipinski definition) is 1. The van der Waals surface area contributed by atoms with Gasteiger partial charge in [-0.1, -0.05) is 19.1 Å². The fourth-order valence-corrected chi connectivity index (χ4v) is 5.32. The zero-order valence-electron chi connectivity index (χ0n) is 21.4. The predicted octanol–water partition coefficient (Wildman–Crippen LogP) is 3.71. The van der Waals surface area contributed by atoms with Crippen LogP contribution >= 0.6 is 0 Å². The summed E-state index contributed by atoms with van der Waals surface area (Å²) in [6.07, 6.45) is 5.44. The molecule has 3 aromatic heterocycles. The molecule has 0 amide bonds. The van der Waals surface area contributed by atoms with Crippen LogP contribution in [0, 0.1) is 0 Å². The molecule has 6 rings (SSSR count). The van der Waals surface area contributed by atoms with Gasteiger partial charge in [-0.2, -0.15) is 4.98 Å². The Balaban J connectivity index is 1.34. The highest BCUT2D eigenvalue weighted by Gasteiger charge is 2.23. The predicted molar refractivity (Wildman–Crippen MR) is 147 cm³/mol. The fourth-order valence-electron chi connectivity index (χ4n) is 5.32. The fraction of sp³-hybridized carbons (Fsp3) is 0.357. The summed E-state index contributed by atoms with van der Waals surface area (Å²) in [6.45, 7) is 10.6. The number of benzene rings is 1. The third-order valence-corrected chi connectivity index (χ3v) is 7.50. The molecule has 1 aliphatic carbocycles. The van der Waals surface area contributed by atoms with Crippen LogP contribution in [0.15, 0.2) is 60.0 Å². The minimum Gasteiger partial charge on any atom is -0.369 e. The molecule has 1 aromatic carbocycles. The van der Waals surface area contributed by atoms with Crippen molar-refractivity contribution in [1.82, 2.24) is 29.2 Å². The van der Waals surface area contributed by atoms with E-state index in [1.54, 1.807) is 21.6 Å². The van der Waals surface area contributed by atoms with E-state index in [1.807, 2.05) is 18.2 Å². The van der Waals surface area contributed by atoms with E-state index in [-0.39, 0.29) is 5.56 Å². The van der Waals surface area contributed by atoms with Crippen molar-refractivity contribution >= 4 is 28.4 Å². The second-order valence-electron chi connectivity index (χ2n) is 10.0. The van der Waals surface area contributed by atoms with Crippen LogP contribution in [-0.4, -0.2) is 62.4 Å². The first-order valence-corrected chi connectivity index (χ1v) is 12.9. The zero-order chi connectivity index (χ0) is 25.5. The largest absolute Gasteiger partial charge is 0.369 e. The molecular weight excluding hydrogens is 464 g/mol. The molecule has 0 saturated carbocycles. The SMILES string of the molecule is C=CCn1c(=O)c2cnc(Nc3ccc(N4CCN(C)CC4)cc3)nc2n1-c1ccc2c(n1)[C@H](C)CC2. The number of hydrogen-bond acceptors (Lipinski definition) is 7. The maximum absolute atomic E-state index is 13.2. The second kappa shape index (κ2) is 9.48. The molecule has 2 aliphatic rings. The van der Waals surface area contributed by atoms with Crippen LogP contribution in [0.5, 0.6) is 0 Å². The first-order chi connectivity index (χ1) is 18.0. The third kappa shape index (κ3) is 4.29. The number of aromatic nitrogens is 5. The van der Waals surface area contributed by atoms with E-state index in [2.05, 4.69) is 58.9 Å². The summed E-state index contributed by atoms with van der Waals surface area (Å²) in [5.41, 5.74) is 4.85. The number of aryl methyl sites for hydroxylation is 1. The summed E-state index contributed by atoms with van der Waals surface area (Å²) in [5, 5.41) is 3.76. The third-order valence-electron chi connectivity index (χ3n) is 7.50. The van der Waals surface area contributed by atoms with E-state index in [1.165, 1.54) is 11.3 Å². The van der Waals surface area contributed by atoms with Gasteiger partial charge in [-0.05, 0) is 61.7 Å². The van der Waals surface area contributed by atoms with Crippen LogP contribution in [-0.2, 0) is 13.0 Å². The van der Waals surface area contributed by atoms with E-state index in [0.29, 0.717) is 35.3 Å². The van der Waals surface area contributed by atoms with Crippen molar-refractivity contribution in [2.75, 3.05) is 43.4 Å². The van der Waals surface area contributed by atoms with Crippen molar-refractivity contribution in [2.45, 2.75) is 32.2 Å². The summed E-state index contributed by atoms with van der Waals surface area (Å²) in [5.74, 6) is 1.51. The van der Waals surface area contributed by atoms with Crippen LogP contribution in [0.25, 0.3) is 16.9 Å². The first-order valence-electron chi connectivity index (χ1n) is 12.9. The first kappa shape index (κ1) is 23.4. The lowest BCUT2D eigenvalue weighted by molar-refractivity contribution is 0.313. The van der Waals surface area contributed by atoms with Gasteiger partial charge in [-0.25, -0.2) is 19.3 Å². The highest BCUT2D eigenvalue weighted by atomic mass is 16.1. The van der Waals surface area contributed by atoms with E-state index < -0.39 is 0 Å². The van der Waals surface area contributed by atoms with Gasteiger partial charge in [-0.3, -0.25) is 4.79 Å². The molecule has 1 atom stereocenters. The zero-order valence-corrected chi connectivity index (χ0v) is 21.4. The maximum Gasteiger partial charge on any atom is 0.278 e. The Morgan fingerprint density at radius 1 is 1.08 bits per heavy atom. The molecule has 0 radical (unpaired) electrons. The van der Waals surface area contributed by atoms with Crippen molar-refractivity contribution in [3.63, 3.8) is 0 Å². The van der Waals surface area contributed by atoms with E-state index in [9.17, 15) is 4.79 Å². The average molecular weight is 497 g/mol. The van der Waals surface area contributed by atoms with Gasteiger partial charge >= 0.3 is 0 Å². The minimum absolute atomic E-state index is 0.159. The molecule has 0 unspecified atom stereocenters. The summed E-state index contributed by atoms with van der Waals surface area (Å²) in [6, 6.07) is 12.4. The summed E-state index contributed by atoms with van der Waals surface area (Å²) in [4.78, 5) is 32.2. The monoisotopic (exact) mass is 496 g/mol. The molecule has 1 fully saturated rings. The number of fused-ring (bicyclic) bond motifs is 2. The lowest BCUT2D eigenvalue weighted by Crippen LogP contribution is -2.44. The van der Waals surface area contributed by atoms with Gasteiger partial charge < -0.3 is 15.1 Å². The van der Waals surface area contributed by atoms with Crippen LogP contribution in [0.2, 0.25) is 0 Å². The summed E-state index contributed by atoms with van der Waals surface area (Å²) < 4.78 is 3.42. The molecule has 1 saturated heterocycles. The van der Waals surface area contributed by atoms with Gasteiger partial charge in [0.1, 0.15) is 5.39 Å². The van der Waals surface area contributed by atoms with Crippen molar-refractivity contribution in [2.24, 2.45) is 0 Å². The minimum atomic E-state index is -0.159. The van der Waals surface area contributed by atoms with Crippen LogP contribution in [0.3, 0.4) is 0 Å². The van der Waals surface area contributed by atoms with Crippen LogP contribution in [0.1, 0.15) is 30.5 Å². The lowest BCUT2D eigenvalue weighted by Gasteiger charge is -2.34. The highest BCUT2D eigenvalue weighted by Crippen LogP contribution is 2.32. The number of allylic oxidation sites excluding steroid dienone is 1. The van der Waals surface area contributed by atoms with Crippen molar-refractivity contribution in [1.29, 1.82) is 0 Å². The molecule has 1 aliphatic heterocycles. The van der Waals surface area contributed by atoms with Gasteiger partial charge in [0, 0.05) is 49.4 Å². The Bertz CT molecular complexity index is 1510. The molecule has 9 heteroatoms. The molecule has 190 valence electrons. The van der Waals surface area contributed by atoms with Crippen LogP contribution in [0.4, 0.5) is 17.3 Å². The van der Waals surface area contributed by atoms with Crippen molar-refractivity contribution < 1.29 is 0 Å². The Morgan fingerprint density at radius 3 is 2.62 bits per heavy atom. The average Bonchev–Trinajstić information content (AvgIpc) is 3.41. The molecule has 9 nitrogen and oxygen atoms in total. The molecule has 4 heterocycles. The molecular formula is C28H32N8O. The Morgan fingerprint density at radius 2 is 1.86 bits per heavy atom. The number of likely N-dealkylation sites (N-methyl/N-ethyl adjacent to an activating group) is 1. The lowest BCUT2D eigenvalue weighted by atomic mass is 10.1. The van der Waals surface area contributed by atoms with Crippen LogP contribution < -0.4 is 15.8 Å². The van der Waals surface area contributed by atoms with Gasteiger partial charge in [0.05, 0.1) is 6.54 Å². The van der Waals surface area contributed by atoms with Gasteiger partial charge in [0.15, 0.2) is 11.5 Å². The number of nitrogens with one attached hydrogen (secondary N) is 1. The quantitative estimate of drug-likeness (QED) is 0.408. The van der Waals surface area contributed by atoms with E-state index >= 15 is 0 Å². The van der Waals surface area contributed by atoms with Gasteiger partial charge in [-0.15, -0.1) is 6.58 Å². The van der Waals surface area contributed by atoms with Gasteiger partial charge in [0.25, 0.3) is 5.56 Å². The second-order valence-corrected chi connectivity index (χ2v) is 10.0. The Hall–Kier alpha value is -3.98. The summed E-state index contributed by atoms with van der Waals surface area (Å²) in [7, 11) is 2.16. The molecule has 4 aromatic rings. The van der Waals surface area contributed by atoms with E-state index in [4.69, 9.17) is 9.97 Å². The summed E-state index contributed by atoms with van der Waals surface area (Å²) >= 11 is 0. The van der Waals surface area contributed by atoms with Crippen molar-refractivity contribution in [3.05, 3.63) is 76.9 Å². The molecule has 37 heavy (non-hydrogen) atoms. The normalized spacial score (nSPS) is 17.8. The molecule has 1 N–H and O–H groups in total. The Kier molecular flexibility index (Phi) is 6.00. The topological polar surface area (TPSA) is 84.1 Å². The number of piperazine rings is 1.